The first-order chi connectivity index (χ1) is 19.2. The summed E-state index contributed by atoms with van der Waals surface area (Å²) in [5.41, 5.74) is -1.11. The van der Waals surface area contributed by atoms with Crippen molar-refractivity contribution in [1.82, 2.24) is 4.31 Å². The molecule has 3 aromatic rings. The molecule has 0 atom stereocenters. The summed E-state index contributed by atoms with van der Waals surface area (Å²) in [6.07, 6.45) is -4.21. The standard InChI is InChI=1S/C26H24ClF4N3O5S2/c27-23-5-2-6-24(28)22(23)16-40(36,37)34-13-11-17(12-14-34)25(35)32-19-7-9-21(10-8-19)41(38,39)33-20-4-1-3-18(15-20)26(29,30)31/h1-10,15,17,33H,11-14,16H2,(H,32,35). The highest BCUT2D eigenvalue weighted by Crippen LogP contribution is 2.31. The van der Waals surface area contributed by atoms with Crippen LogP contribution in [0.5, 0.6) is 0 Å². The number of sulfonamides is 2. The highest BCUT2D eigenvalue weighted by molar-refractivity contribution is 7.92. The minimum Gasteiger partial charge on any atom is -0.326 e. The van der Waals surface area contributed by atoms with Crippen molar-refractivity contribution in [2.75, 3.05) is 23.1 Å². The summed E-state index contributed by atoms with van der Waals surface area (Å²) < 4.78 is 107. The van der Waals surface area contributed by atoms with Crippen molar-refractivity contribution in [1.29, 1.82) is 0 Å². The van der Waals surface area contributed by atoms with Crippen LogP contribution < -0.4 is 10.0 Å². The molecule has 8 nitrogen and oxygen atoms in total. The van der Waals surface area contributed by atoms with E-state index in [4.69, 9.17) is 11.6 Å². The summed E-state index contributed by atoms with van der Waals surface area (Å²) in [7, 11) is -8.10. The van der Waals surface area contributed by atoms with E-state index in [-0.39, 0.29) is 52.8 Å². The predicted molar refractivity (Wildman–Crippen MR) is 146 cm³/mol. The molecule has 15 heteroatoms. The molecule has 1 aliphatic heterocycles. The van der Waals surface area contributed by atoms with Gasteiger partial charge in [0.05, 0.1) is 16.2 Å². The van der Waals surface area contributed by atoms with E-state index in [0.717, 1.165) is 18.2 Å². The summed E-state index contributed by atoms with van der Waals surface area (Å²) in [6.45, 7) is 0.0930. The van der Waals surface area contributed by atoms with Crippen LogP contribution in [-0.4, -0.2) is 40.1 Å². The van der Waals surface area contributed by atoms with E-state index in [2.05, 4.69) is 10.0 Å². The van der Waals surface area contributed by atoms with Crippen LogP contribution in [0, 0.1) is 11.7 Å². The van der Waals surface area contributed by atoms with Crippen molar-refractivity contribution in [3.63, 3.8) is 0 Å². The first-order valence-corrected chi connectivity index (χ1v) is 15.6. The summed E-state index contributed by atoms with van der Waals surface area (Å²) in [6, 6.07) is 12.7. The van der Waals surface area contributed by atoms with Gasteiger partial charge in [-0.1, -0.05) is 23.7 Å². The summed E-state index contributed by atoms with van der Waals surface area (Å²) in [4.78, 5) is 12.5. The number of piperidine rings is 1. The van der Waals surface area contributed by atoms with Gasteiger partial charge in [0.15, 0.2) is 0 Å². The van der Waals surface area contributed by atoms with Gasteiger partial charge in [-0.25, -0.2) is 25.5 Å². The molecule has 41 heavy (non-hydrogen) atoms. The number of halogens is 5. The molecule has 2 N–H and O–H groups in total. The molecule has 0 radical (unpaired) electrons. The molecule has 4 rings (SSSR count). The minimum absolute atomic E-state index is 0.00750. The van der Waals surface area contributed by atoms with Crippen molar-refractivity contribution >= 4 is 48.9 Å². The average molecular weight is 634 g/mol. The quantitative estimate of drug-likeness (QED) is 0.319. The van der Waals surface area contributed by atoms with Crippen LogP contribution in [0.3, 0.4) is 0 Å². The predicted octanol–water partition coefficient (Wildman–Crippen LogP) is 5.48. The Morgan fingerprint density at radius 2 is 1.56 bits per heavy atom. The van der Waals surface area contributed by atoms with Crippen LogP contribution in [-0.2, 0) is 36.8 Å². The molecule has 220 valence electrons. The number of rotatable bonds is 8. The Morgan fingerprint density at radius 3 is 2.17 bits per heavy atom. The summed E-state index contributed by atoms with van der Waals surface area (Å²) in [5.74, 6) is -2.24. The van der Waals surface area contributed by atoms with Crippen LogP contribution >= 0.6 is 11.6 Å². The van der Waals surface area contributed by atoms with Crippen molar-refractivity contribution in [3.05, 3.63) is 88.7 Å². The Labute approximate surface area is 239 Å². The molecule has 1 amide bonds. The normalized spacial score (nSPS) is 15.4. The smallest absolute Gasteiger partial charge is 0.326 e. The highest BCUT2D eigenvalue weighted by atomic mass is 35.5. The van der Waals surface area contributed by atoms with Crippen LogP contribution in [0.25, 0.3) is 0 Å². The molecule has 1 fully saturated rings. The van der Waals surface area contributed by atoms with Gasteiger partial charge in [-0.05, 0) is 67.4 Å². The van der Waals surface area contributed by atoms with Gasteiger partial charge in [0.1, 0.15) is 5.82 Å². The number of hydrogen-bond donors (Lipinski definition) is 2. The number of hydrogen-bond acceptors (Lipinski definition) is 5. The molecular formula is C26H24ClF4N3O5S2. The van der Waals surface area contributed by atoms with Gasteiger partial charge in [-0.3, -0.25) is 9.52 Å². The molecular weight excluding hydrogens is 610 g/mol. The molecule has 1 aliphatic rings. The van der Waals surface area contributed by atoms with Gasteiger partial charge >= 0.3 is 6.18 Å². The maximum atomic E-state index is 14.1. The monoisotopic (exact) mass is 633 g/mol. The third-order valence-corrected chi connectivity index (χ3v) is 10.0. The molecule has 0 spiro atoms. The molecule has 0 bridgehead atoms. The van der Waals surface area contributed by atoms with Gasteiger partial charge in [0.2, 0.25) is 15.9 Å². The average Bonchev–Trinajstić information content (AvgIpc) is 2.91. The fourth-order valence-electron chi connectivity index (χ4n) is 4.27. The van der Waals surface area contributed by atoms with Crippen molar-refractivity contribution in [2.24, 2.45) is 5.92 Å². The lowest BCUT2D eigenvalue weighted by Crippen LogP contribution is -2.42. The number of anilines is 2. The summed E-state index contributed by atoms with van der Waals surface area (Å²) >= 11 is 5.96. The zero-order chi connectivity index (χ0) is 30.0. The van der Waals surface area contributed by atoms with E-state index in [1.807, 2.05) is 0 Å². The Balaban J connectivity index is 1.34. The van der Waals surface area contributed by atoms with E-state index in [1.54, 1.807) is 0 Å². The lowest BCUT2D eigenvalue weighted by atomic mass is 9.97. The number of carbonyl (C=O) groups excluding carboxylic acids is 1. The fraction of sp³-hybridized carbons (Fsp3) is 0.269. The number of nitrogens with one attached hydrogen (secondary N) is 2. The third-order valence-electron chi connectivity index (χ3n) is 6.48. The maximum absolute atomic E-state index is 14.1. The molecule has 0 aliphatic carbocycles. The number of nitrogens with zero attached hydrogens (tertiary/aromatic N) is 1. The van der Waals surface area contributed by atoms with Crippen molar-refractivity contribution in [3.8, 4) is 0 Å². The van der Waals surface area contributed by atoms with E-state index in [1.165, 1.54) is 46.8 Å². The van der Waals surface area contributed by atoms with Crippen molar-refractivity contribution in [2.45, 2.75) is 29.7 Å². The molecule has 0 saturated carbocycles. The van der Waals surface area contributed by atoms with Gasteiger partial charge < -0.3 is 5.32 Å². The molecule has 3 aromatic carbocycles. The van der Waals surface area contributed by atoms with E-state index in [0.29, 0.717) is 6.07 Å². The van der Waals surface area contributed by atoms with Crippen LogP contribution in [0.1, 0.15) is 24.0 Å². The molecule has 1 heterocycles. The van der Waals surface area contributed by atoms with Gasteiger partial charge in [-0.2, -0.15) is 13.2 Å². The van der Waals surface area contributed by atoms with Crippen LogP contribution in [0.15, 0.2) is 71.6 Å². The zero-order valence-electron chi connectivity index (χ0n) is 21.2. The molecule has 1 saturated heterocycles. The van der Waals surface area contributed by atoms with E-state index in [9.17, 15) is 39.2 Å². The number of amides is 1. The highest BCUT2D eigenvalue weighted by Gasteiger charge is 2.33. The van der Waals surface area contributed by atoms with Gasteiger partial charge in [-0.15, -0.1) is 0 Å². The lowest BCUT2D eigenvalue weighted by molar-refractivity contribution is -0.137. The second-order valence-corrected chi connectivity index (χ2v) is 13.4. The minimum atomic E-state index is -4.64. The Morgan fingerprint density at radius 1 is 0.927 bits per heavy atom. The second-order valence-electron chi connectivity index (χ2n) is 9.33. The number of carbonyl (C=O) groups is 1. The Hall–Kier alpha value is -3.20. The van der Waals surface area contributed by atoms with Crippen molar-refractivity contribution < 1.29 is 39.2 Å². The maximum Gasteiger partial charge on any atom is 0.416 e. The molecule has 0 unspecified atom stereocenters. The van der Waals surface area contributed by atoms with Crippen LogP contribution in [0.4, 0.5) is 28.9 Å². The topological polar surface area (TPSA) is 113 Å². The third kappa shape index (κ3) is 7.56. The number of alkyl halides is 3. The second kappa shape index (κ2) is 12.0. The van der Waals surface area contributed by atoms with Gasteiger partial charge in [0.25, 0.3) is 10.0 Å². The largest absolute Gasteiger partial charge is 0.416 e. The summed E-state index contributed by atoms with van der Waals surface area (Å²) in [5, 5.41) is 2.67. The SMILES string of the molecule is O=C(Nc1ccc(S(=O)(=O)Nc2cccc(C(F)(F)F)c2)cc1)C1CCN(S(=O)(=O)Cc2c(F)cccc2Cl)CC1. The zero-order valence-corrected chi connectivity index (χ0v) is 23.5. The first-order valence-electron chi connectivity index (χ1n) is 12.2. The fourth-order valence-corrected chi connectivity index (χ4v) is 7.24. The Kier molecular flexibility index (Phi) is 8.97. The van der Waals surface area contributed by atoms with Gasteiger partial charge in [0, 0.05) is 41.0 Å². The van der Waals surface area contributed by atoms with E-state index < -0.39 is 55.2 Å². The first kappa shape index (κ1) is 30.8. The molecule has 0 aromatic heterocycles. The van der Waals surface area contributed by atoms with Crippen LogP contribution in [0.2, 0.25) is 5.02 Å². The number of benzene rings is 3. The Bertz CT molecular complexity index is 1620. The lowest BCUT2D eigenvalue weighted by Gasteiger charge is -2.30. The van der Waals surface area contributed by atoms with E-state index >= 15 is 0 Å².